The zero-order valence-electron chi connectivity index (χ0n) is 9.18. The van der Waals surface area contributed by atoms with E-state index in [9.17, 15) is 5.11 Å². The van der Waals surface area contributed by atoms with Gasteiger partial charge < -0.3 is 9.84 Å². The van der Waals surface area contributed by atoms with Gasteiger partial charge in [-0.15, -0.1) is 0 Å². The van der Waals surface area contributed by atoms with Gasteiger partial charge in [-0.3, -0.25) is 0 Å². The normalized spacial score (nSPS) is 28.2. The molecule has 82 valence electrons. The number of hydrogen-bond donors (Lipinski definition) is 1. The maximum atomic E-state index is 9.19. The Balaban J connectivity index is 2.01. The van der Waals surface area contributed by atoms with E-state index < -0.39 is 0 Å². The Kier molecular flexibility index (Phi) is 2.03. The number of hydrogen-bond acceptors (Lipinski definition) is 2. The lowest BCUT2D eigenvalue weighted by molar-refractivity contribution is 0.184. The molecule has 2 heteroatoms. The summed E-state index contributed by atoms with van der Waals surface area (Å²) < 4.78 is 5.54. The molecule has 0 aliphatic carbocycles. The topological polar surface area (TPSA) is 32.8 Å². The van der Waals surface area contributed by atoms with E-state index >= 15 is 0 Å². The van der Waals surface area contributed by atoms with Gasteiger partial charge in [-0.1, -0.05) is 36.4 Å². The fourth-order valence-electron chi connectivity index (χ4n) is 2.15. The number of ether oxygens (including phenoxy) is 1. The minimum absolute atomic E-state index is 0.0436. The molecular weight excluding hydrogens is 200 g/mol. The van der Waals surface area contributed by atoms with Crippen LogP contribution in [-0.4, -0.2) is 17.3 Å². The zero-order valence-corrected chi connectivity index (χ0v) is 9.18. The largest absolute Gasteiger partial charge is 0.393 e. The second-order valence-electron chi connectivity index (χ2n) is 4.58. The van der Waals surface area contributed by atoms with Crippen LogP contribution in [0.25, 0.3) is 10.8 Å². The molecule has 16 heavy (non-hydrogen) atoms. The third-order valence-corrected chi connectivity index (χ3v) is 3.27. The highest BCUT2D eigenvalue weighted by molar-refractivity contribution is 5.83. The fourth-order valence-corrected chi connectivity index (χ4v) is 2.15. The molecule has 0 amide bonds. The molecule has 0 bridgehead atoms. The van der Waals surface area contributed by atoms with Gasteiger partial charge in [-0.25, -0.2) is 0 Å². The highest BCUT2D eigenvalue weighted by Crippen LogP contribution is 2.49. The molecule has 2 nitrogen and oxygen atoms in total. The van der Waals surface area contributed by atoms with Crippen molar-refractivity contribution in [1.82, 2.24) is 0 Å². The second-order valence-corrected chi connectivity index (χ2v) is 4.58. The van der Waals surface area contributed by atoms with Crippen molar-refractivity contribution in [3.63, 3.8) is 0 Å². The van der Waals surface area contributed by atoms with Gasteiger partial charge in [-0.05, 0) is 29.3 Å². The molecule has 1 heterocycles. The molecule has 2 unspecified atom stereocenters. The fraction of sp³-hybridized carbons (Fsp3) is 0.286. The summed E-state index contributed by atoms with van der Waals surface area (Å²) in [4.78, 5) is 0. The molecule has 0 aromatic heterocycles. The Morgan fingerprint density at radius 3 is 2.62 bits per heavy atom. The highest BCUT2D eigenvalue weighted by atomic mass is 16.6. The van der Waals surface area contributed by atoms with Crippen LogP contribution in [0, 0.1) is 0 Å². The van der Waals surface area contributed by atoms with Gasteiger partial charge >= 0.3 is 0 Å². The SMILES string of the molecule is CC1(CO)OC1c1ccc2ccccc2c1. The minimum atomic E-state index is -0.373. The van der Waals surface area contributed by atoms with Crippen molar-refractivity contribution in [1.29, 1.82) is 0 Å². The van der Waals surface area contributed by atoms with Crippen LogP contribution < -0.4 is 0 Å². The number of epoxide rings is 1. The summed E-state index contributed by atoms with van der Waals surface area (Å²) in [5, 5.41) is 11.6. The molecule has 1 fully saturated rings. The van der Waals surface area contributed by atoms with Crippen LogP contribution in [0.3, 0.4) is 0 Å². The summed E-state index contributed by atoms with van der Waals surface area (Å²) in [6, 6.07) is 14.6. The molecule has 2 aromatic rings. The number of aliphatic hydroxyl groups is 1. The Morgan fingerprint density at radius 2 is 1.94 bits per heavy atom. The minimum Gasteiger partial charge on any atom is -0.393 e. The van der Waals surface area contributed by atoms with Crippen molar-refractivity contribution < 1.29 is 9.84 Å². The Morgan fingerprint density at radius 1 is 1.19 bits per heavy atom. The Hall–Kier alpha value is -1.38. The maximum Gasteiger partial charge on any atom is 0.120 e. The average Bonchev–Trinajstić information content (AvgIpc) is 3.02. The summed E-state index contributed by atoms with van der Waals surface area (Å²) in [6.45, 7) is 2.01. The van der Waals surface area contributed by atoms with E-state index in [0.29, 0.717) is 0 Å². The first kappa shape index (κ1) is 9.82. The highest BCUT2D eigenvalue weighted by Gasteiger charge is 2.52. The molecule has 1 aliphatic rings. The Labute approximate surface area is 94.5 Å². The predicted molar refractivity (Wildman–Crippen MR) is 63.3 cm³/mol. The van der Waals surface area contributed by atoms with Gasteiger partial charge in [0.25, 0.3) is 0 Å². The van der Waals surface area contributed by atoms with E-state index in [2.05, 4.69) is 30.3 Å². The van der Waals surface area contributed by atoms with E-state index in [1.54, 1.807) is 0 Å². The van der Waals surface area contributed by atoms with Crippen molar-refractivity contribution >= 4 is 10.8 Å². The molecule has 0 saturated carbocycles. The van der Waals surface area contributed by atoms with Crippen LogP contribution in [0.1, 0.15) is 18.6 Å². The summed E-state index contributed by atoms with van der Waals surface area (Å²) >= 11 is 0. The smallest absolute Gasteiger partial charge is 0.120 e. The molecule has 2 atom stereocenters. The van der Waals surface area contributed by atoms with E-state index in [1.165, 1.54) is 10.8 Å². The first-order chi connectivity index (χ1) is 7.73. The molecule has 1 N–H and O–H groups in total. The van der Waals surface area contributed by atoms with E-state index in [4.69, 9.17) is 4.74 Å². The van der Waals surface area contributed by atoms with Crippen LogP contribution >= 0.6 is 0 Å². The van der Waals surface area contributed by atoms with Crippen molar-refractivity contribution in [2.24, 2.45) is 0 Å². The first-order valence-corrected chi connectivity index (χ1v) is 5.50. The number of aliphatic hydroxyl groups excluding tert-OH is 1. The van der Waals surface area contributed by atoms with Crippen LogP contribution in [0.4, 0.5) is 0 Å². The van der Waals surface area contributed by atoms with Crippen LogP contribution in [0.5, 0.6) is 0 Å². The van der Waals surface area contributed by atoms with Crippen molar-refractivity contribution in [3.8, 4) is 0 Å². The first-order valence-electron chi connectivity index (χ1n) is 5.50. The number of benzene rings is 2. The van der Waals surface area contributed by atoms with Crippen LogP contribution in [0.2, 0.25) is 0 Å². The predicted octanol–water partition coefficient (Wildman–Crippen LogP) is 2.66. The standard InChI is InChI=1S/C14H14O2/c1-14(9-15)13(16-14)12-7-6-10-4-2-3-5-11(10)8-12/h2-8,13,15H,9H2,1H3. The number of rotatable bonds is 2. The van der Waals surface area contributed by atoms with Crippen molar-refractivity contribution in [2.75, 3.05) is 6.61 Å². The zero-order chi connectivity index (χ0) is 11.2. The molecule has 2 aromatic carbocycles. The second kappa shape index (κ2) is 3.30. The Bertz CT molecular complexity index is 535. The third-order valence-electron chi connectivity index (χ3n) is 3.27. The lowest BCUT2D eigenvalue weighted by Gasteiger charge is -2.03. The van der Waals surface area contributed by atoms with E-state index in [0.717, 1.165) is 5.56 Å². The third kappa shape index (κ3) is 1.42. The number of fused-ring (bicyclic) bond motifs is 1. The van der Waals surface area contributed by atoms with Gasteiger partial charge in [0, 0.05) is 0 Å². The lowest BCUT2D eigenvalue weighted by Crippen LogP contribution is -2.11. The molecule has 1 saturated heterocycles. The van der Waals surface area contributed by atoms with Crippen molar-refractivity contribution in [3.05, 3.63) is 48.0 Å². The van der Waals surface area contributed by atoms with Gasteiger partial charge in [0.05, 0.1) is 6.61 Å². The summed E-state index contributed by atoms with van der Waals surface area (Å²) in [6.07, 6.45) is 0.0436. The van der Waals surface area contributed by atoms with E-state index in [-0.39, 0.29) is 18.3 Å². The van der Waals surface area contributed by atoms with Gasteiger partial charge in [-0.2, -0.15) is 0 Å². The van der Waals surface area contributed by atoms with Crippen LogP contribution in [-0.2, 0) is 4.74 Å². The monoisotopic (exact) mass is 214 g/mol. The average molecular weight is 214 g/mol. The summed E-state index contributed by atoms with van der Waals surface area (Å²) in [7, 11) is 0. The van der Waals surface area contributed by atoms with Crippen LogP contribution in [0.15, 0.2) is 42.5 Å². The van der Waals surface area contributed by atoms with Crippen molar-refractivity contribution in [2.45, 2.75) is 18.6 Å². The van der Waals surface area contributed by atoms with Gasteiger partial charge in [0.2, 0.25) is 0 Å². The van der Waals surface area contributed by atoms with Gasteiger partial charge in [0.1, 0.15) is 11.7 Å². The molecular formula is C14H14O2. The quantitative estimate of drug-likeness (QED) is 0.779. The summed E-state index contributed by atoms with van der Waals surface area (Å²) in [5.74, 6) is 0. The maximum absolute atomic E-state index is 9.19. The van der Waals surface area contributed by atoms with Gasteiger partial charge in [0.15, 0.2) is 0 Å². The lowest BCUT2D eigenvalue weighted by atomic mass is 9.99. The molecule has 3 rings (SSSR count). The molecule has 0 radical (unpaired) electrons. The molecule has 0 spiro atoms. The van der Waals surface area contributed by atoms with E-state index in [1.807, 2.05) is 19.1 Å². The molecule has 1 aliphatic heterocycles. The summed E-state index contributed by atoms with van der Waals surface area (Å²) in [5.41, 5.74) is 0.776.